The third-order valence-corrected chi connectivity index (χ3v) is 4.02. The second-order valence-electron chi connectivity index (χ2n) is 4.92. The first-order valence-electron chi connectivity index (χ1n) is 6.87. The highest BCUT2D eigenvalue weighted by Gasteiger charge is 2.23. The molecule has 1 N–H and O–H groups in total. The average molecular weight is 268 g/mol. The molecular weight excluding hydrogens is 246 g/mol. The highest BCUT2D eigenvalue weighted by atomic mass is 35.5. The molecule has 1 saturated carbocycles. The normalized spacial score (nSPS) is 23.8. The number of alkyl halides is 1. The summed E-state index contributed by atoms with van der Waals surface area (Å²) in [6, 6.07) is 10.5. The third-order valence-electron chi connectivity index (χ3n) is 3.63. The molecule has 100 valence electrons. The van der Waals surface area contributed by atoms with Gasteiger partial charge in [-0.1, -0.05) is 31.0 Å². The summed E-state index contributed by atoms with van der Waals surface area (Å²) < 4.78 is 5.67. The molecule has 1 aromatic rings. The molecule has 0 aromatic heterocycles. The maximum Gasteiger partial charge on any atom is 0.119 e. The Morgan fingerprint density at radius 2 is 1.94 bits per heavy atom. The van der Waals surface area contributed by atoms with Gasteiger partial charge in [0.15, 0.2) is 0 Å². The first-order chi connectivity index (χ1) is 8.90. The van der Waals surface area contributed by atoms with E-state index in [2.05, 4.69) is 5.32 Å². The van der Waals surface area contributed by atoms with Crippen LogP contribution in [0, 0.1) is 5.92 Å². The van der Waals surface area contributed by atoms with Crippen LogP contribution in [0.5, 0.6) is 5.75 Å². The zero-order valence-corrected chi connectivity index (χ0v) is 11.5. The van der Waals surface area contributed by atoms with Crippen molar-refractivity contribution in [1.82, 2.24) is 5.32 Å². The molecule has 0 amide bonds. The lowest BCUT2D eigenvalue weighted by Crippen LogP contribution is -2.41. The lowest BCUT2D eigenvalue weighted by atomic mass is 9.86. The Morgan fingerprint density at radius 3 is 2.72 bits per heavy atom. The monoisotopic (exact) mass is 267 g/mol. The second kappa shape index (κ2) is 7.65. The minimum atomic E-state index is 0.579. The van der Waals surface area contributed by atoms with Crippen molar-refractivity contribution in [3.05, 3.63) is 30.3 Å². The van der Waals surface area contributed by atoms with Crippen LogP contribution in [0.15, 0.2) is 30.3 Å². The van der Waals surface area contributed by atoms with E-state index in [1.54, 1.807) is 0 Å². The summed E-state index contributed by atoms with van der Waals surface area (Å²) in [6.07, 6.45) is 5.17. The van der Waals surface area contributed by atoms with Crippen molar-refractivity contribution in [3.63, 3.8) is 0 Å². The molecule has 2 unspecified atom stereocenters. The fraction of sp³-hybridized carbons (Fsp3) is 0.600. The van der Waals surface area contributed by atoms with E-state index in [9.17, 15) is 0 Å². The Hall–Kier alpha value is -0.730. The minimum absolute atomic E-state index is 0.579. The predicted molar refractivity (Wildman–Crippen MR) is 76.4 cm³/mol. The summed E-state index contributed by atoms with van der Waals surface area (Å²) in [5, 5.41) is 3.58. The highest BCUT2D eigenvalue weighted by Crippen LogP contribution is 2.25. The molecule has 0 aliphatic heterocycles. The Balaban J connectivity index is 1.65. The molecule has 2 nitrogen and oxygen atoms in total. The van der Waals surface area contributed by atoms with Gasteiger partial charge in [0.2, 0.25) is 0 Å². The van der Waals surface area contributed by atoms with Crippen molar-refractivity contribution >= 4 is 11.6 Å². The van der Waals surface area contributed by atoms with Gasteiger partial charge in [-0.15, -0.1) is 11.6 Å². The molecule has 0 radical (unpaired) electrons. The largest absolute Gasteiger partial charge is 0.492 e. The fourth-order valence-electron chi connectivity index (χ4n) is 2.59. The van der Waals surface area contributed by atoms with Crippen molar-refractivity contribution in [2.45, 2.75) is 31.7 Å². The molecule has 0 saturated heterocycles. The molecule has 18 heavy (non-hydrogen) atoms. The summed E-state index contributed by atoms with van der Waals surface area (Å²) in [5.41, 5.74) is 0. The van der Waals surface area contributed by atoms with Crippen molar-refractivity contribution in [1.29, 1.82) is 0 Å². The van der Waals surface area contributed by atoms with Gasteiger partial charge in [-0.3, -0.25) is 0 Å². The molecule has 2 rings (SSSR count). The lowest BCUT2D eigenvalue weighted by molar-refractivity contribution is 0.253. The fourth-order valence-corrected chi connectivity index (χ4v) is 2.96. The Morgan fingerprint density at radius 1 is 1.17 bits per heavy atom. The van der Waals surface area contributed by atoms with Crippen molar-refractivity contribution in [2.24, 2.45) is 5.92 Å². The molecule has 1 aliphatic carbocycles. The quantitative estimate of drug-likeness (QED) is 0.630. The molecule has 0 spiro atoms. The molecule has 0 heterocycles. The number of halogens is 1. The molecule has 1 aromatic carbocycles. The zero-order valence-electron chi connectivity index (χ0n) is 10.8. The van der Waals surface area contributed by atoms with E-state index in [1.165, 1.54) is 25.7 Å². The SMILES string of the molecule is ClCC1CCCCC1NCCOc1ccccc1. The minimum Gasteiger partial charge on any atom is -0.492 e. The molecule has 2 atom stereocenters. The van der Waals surface area contributed by atoms with Gasteiger partial charge in [-0.05, 0) is 30.9 Å². The van der Waals surface area contributed by atoms with E-state index >= 15 is 0 Å². The number of hydrogen-bond donors (Lipinski definition) is 1. The van der Waals surface area contributed by atoms with Gasteiger partial charge < -0.3 is 10.1 Å². The summed E-state index contributed by atoms with van der Waals surface area (Å²) in [5.74, 6) is 2.35. The zero-order chi connectivity index (χ0) is 12.6. The van der Waals surface area contributed by atoms with Crippen LogP contribution in [0.4, 0.5) is 0 Å². The van der Waals surface area contributed by atoms with E-state index in [0.29, 0.717) is 12.0 Å². The van der Waals surface area contributed by atoms with Crippen LogP contribution in [0.25, 0.3) is 0 Å². The van der Waals surface area contributed by atoms with E-state index < -0.39 is 0 Å². The van der Waals surface area contributed by atoms with Gasteiger partial charge in [-0.2, -0.15) is 0 Å². The van der Waals surface area contributed by atoms with Gasteiger partial charge in [-0.25, -0.2) is 0 Å². The number of nitrogens with one attached hydrogen (secondary N) is 1. The smallest absolute Gasteiger partial charge is 0.119 e. The van der Waals surface area contributed by atoms with E-state index in [1.807, 2.05) is 30.3 Å². The summed E-state index contributed by atoms with van der Waals surface area (Å²) in [7, 11) is 0. The van der Waals surface area contributed by atoms with Gasteiger partial charge in [0.1, 0.15) is 12.4 Å². The van der Waals surface area contributed by atoms with Gasteiger partial charge >= 0.3 is 0 Å². The lowest BCUT2D eigenvalue weighted by Gasteiger charge is -2.31. The summed E-state index contributed by atoms with van der Waals surface area (Å²) in [6.45, 7) is 1.61. The third kappa shape index (κ3) is 4.18. The van der Waals surface area contributed by atoms with Crippen molar-refractivity contribution < 1.29 is 4.74 Å². The predicted octanol–water partition coefficient (Wildman–Crippen LogP) is 3.45. The Kier molecular flexibility index (Phi) is 5.82. The van der Waals surface area contributed by atoms with Gasteiger partial charge in [0, 0.05) is 18.5 Å². The van der Waals surface area contributed by atoms with Crippen LogP contribution in [0.1, 0.15) is 25.7 Å². The molecular formula is C15H22ClNO. The second-order valence-corrected chi connectivity index (χ2v) is 5.23. The van der Waals surface area contributed by atoms with E-state index in [0.717, 1.165) is 24.8 Å². The van der Waals surface area contributed by atoms with Gasteiger partial charge in [0.25, 0.3) is 0 Å². The number of hydrogen-bond acceptors (Lipinski definition) is 2. The van der Waals surface area contributed by atoms with Crippen molar-refractivity contribution in [2.75, 3.05) is 19.0 Å². The average Bonchev–Trinajstić information content (AvgIpc) is 2.45. The number of rotatable bonds is 6. The highest BCUT2D eigenvalue weighted by molar-refractivity contribution is 6.18. The maximum atomic E-state index is 6.01. The van der Waals surface area contributed by atoms with Crippen LogP contribution in [-0.2, 0) is 0 Å². The van der Waals surface area contributed by atoms with E-state index in [-0.39, 0.29) is 0 Å². The Bertz CT molecular complexity index is 331. The van der Waals surface area contributed by atoms with Crippen LogP contribution in [0.2, 0.25) is 0 Å². The van der Waals surface area contributed by atoms with Crippen LogP contribution in [-0.4, -0.2) is 25.1 Å². The van der Waals surface area contributed by atoms with Crippen LogP contribution < -0.4 is 10.1 Å². The van der Waals surface area contributed by atoms with Gasteiger partial charge in [0.05, 0.1) is 0 Å². The molecule has 3 heteroatoms. The summed E-state index contributed by atoms with van der Waals surface area (Å²) >= 11 is 6.01. The molecule has 1 fully saturated rings. The Labute approximate surface area is 115 Å². The first-order valence-corrected chi connectivity index (χ1v) is 7.41. The molecule has 0 bridgehead atoms. The van der Waals surface area contributed by atoms with E-state index in [4.69, 9.17) is 16.3 Å². The maximum absolute atomic E-state index is 6.01. The number of benzene rings is 1. The first kappa shape index (κ1) is 13.7. The van der Waals surface area contributed by atoms with Crippen LogP contribution in [0.3, 0.4) is 0 Å². The number of para-hydroxylation sites is 1. The topological polar surface area (TPSA) is 21.3 Å². The number of ether oxygens (including phenoxy) is 1. The van der Waals surface area contributed by atoms with Crippen molar-refractivity contribution in [3.8, 4) is 5.75 Å². The standard InChI is InChI=1S/C15H22ClNO/c16-12-13-6-4-5-9-15(13)17-10-11-18-14-7-2-1-3-8-14/h1-3,7-8,13,15,17H,4-6,9-12H2. The van der Waals surface area contributed by atoms with Crippen LogP contribution >= 0.6 is 11.6 Å². The molecule has 1 aliphatic rings. The summed E-state index contributed by atoms with van der Waals surface area (Å²) in [4.78, 5) is 0.